The predicted molar refractivity (Wildman–Crippen MR) is 52.5 cm³/mol. The molecule has 0 aliphatic carbocycles. The number of aromatic hydroxyl groups is 1. The van der Waals surface area contributed by atoms with Crippen LogP contribution in [0.4, 0.5) is 5.69 Å². The van der Waals surface area contributed by atoms with E-state index in [2.05, 4.69) is 15.9 Å². The Kier molecular flexibility index (Phi) is 2.85. The maximum Gasteiger partial charge on any atom is 0.281 e. The minimum absolute atomic E-state index is 0.0548. The molecule has 14 heavy (non-hydrogen) atoms. The van der Waals surface area contributed by atoms with E-state index in [0.29, 0.717) is 0 Å². The average Bonchev–Trinajstić information content (AvgIpc) is 2.08. The van der Waals surface area contributed by atoms with Gasteiger partial charge >= 0.3 is 0 Å². The zero-order valence-corrected chi connectivity index (χ0v) is 8.74. The number of nitro groups is 1. The third kappa shape index (κ3) is 1.74. The molecule has 0 atom stereocenters. The lowest BCUT2D eigenvalue weighted by molar-refractivity contribution is -0.385. The van der Waals surface area contributed by atoms with Gasteiger partial charge in [0.05, 0.1) is 9.40 Å². The second-order valence-corrected chi connectivity index (χ2v) is 3.40. The fourth-order valence-corrected chi connectivity index (χ4v) is 1.66. The summed E-state index contributed by atoms with van der Waals surface area (Å²) in [5, 5.41) is 19.8. The van der Waals surface area contributed by atoms with Gasteiger partial charge < -0.3 is 5.11 Å². The van der Waals surface area contributed by atoms with Crippen molar-refractivity contribution in [3.05, 3.63) is 32.3 Å². The predicted octanol–water partition coefficient (Wildman–Crippen LogP) is 2.27. The summed E-state index contributed by atoms with van der Waals surface area (Å²) in [6.45, 7) is 1.20. The summed E-state index contributed by atoms with van der Waals surface area (Å²) in [6, 6.07) is 2.26. The topological polar surface area (TPSA) is 80.4 Å². The van der Waals surface area contributed by atoms with Gasteiger partial charge in [-0.25, -0.2) is 0 Å². The first kappa shape index (κ1) is 10.6. The number of halogens is 1. The number of nitrogens with zero attached hydrogens (tertiary/aromatic N) is 1. The first-order valence-corrected chi connectivity index (χ1v) is 4.41. The molecule has 0 bridgehead atoms. The number of hydrogen-bond donors (Lipinski definition) is 1. The molecule has 0 spiro atoms. The molecule has 1 aromatic carbocycles. The molecule has 0 saturated carbocycles. The largest absolute Gasteiger partial charge is 0.507 e. The van der Waals surface area contributed by atoms with Crippen LogP contribution in [0.5, 0.6) is 5.75 Å². The molecule has 1 aromatic rings. The lowest BCUT2D eigenvalue weighted by atomic mass is 10.1. The summed E-state index contributed by atoms with van der Waals surface area (Å²) in [4.78, 5) is 21.0. The Morgan fingerprint density at radius 2 is 2.14 bits per heavy atom. The molecule has 1 rings (SSSR count). The molecule has 74 valence electrons. The van der Waals surface area contributed by atoms with Crippen LogP contribution in [-0.4, -0.2) is 15.8 Å². The van der Waals surface area contributed by atoms with Crippen LogP contribution in [-0.2, 0) is 0 Å². The maximum atomic E-state index is 11.1. The number of carbonyl (C=O) groups excluding carboxylic acids is 1. The minimum Gasteiger partial charge on any atom is -0.507 e. The van der Waals surface area contributed by atoms with Gasteiger partial charge in [-0.1, -0.05) is 0 Å². The second-order valence-electron chi connectivity index (χ2n) is 2.61. The van der Waals surface area contributed by atoms with Crippen molar-refractivity contribution in [2.24, 2.45) is 0 Å². The number of ketones is 1. The number of hydrogen-bond acceptors (Lipinski definition) is 4. The summed E-state index contributed by atoms with van der Waals surface area (Å²) < 4.78 is 0.0548. The van der Waals surface area contributed by atoms with Crippen LogP contribution in [0.1, 0.15) is 17.3 Å². The Morgan fingerprint density at radius 1 is 1.57 bits per heavy atom. The van der Waals surface area contributed by atoms with Gasteiger partial charge in [-0.05, 0) is 28.9 Å². The Labute approximate surface area is 87.6 Å². The second kappa shape index (κ2) is 3.75. The van der Waals surface area contributed by atoms with Crippen LogP contribution in [0, 0.1) is 10.1 Å². The number of phenolic OH excluding ortho intramolecular Hbond substituents is 1. The van der Waals surface area contributed by atoms with Crippen LogP contribution in [0.3, 0.4) is 0 Å². The van der Waals surface area contributed by atoms with Gasteiger partial charge in [0.15, 0.2) is 5.78 Å². The molecule has 0 heterocycles. The Balaban J connectivity index is 3.53. The summed E-state index contributed by atoms with van der Waals surface area (Å²) in [5.74, 6) is -0.666. The van der Waals surface area contributed by atoms with Crippen molar-refractivity contribution >= 4 is 27.4 Å². The SMILES string of the molecule is CC(=O)c1c([N+](=O)[O-])ccc(O)c1Br. The van der Waals surface area contributed by atoms with E-state index in [-0.39, 0.29) is 21.5 Å². The molecule has 0 unspecified atom stereocenters. The number of phenols is 1. The van der Waals surface area contributed by atoms with Gasteiger partial charge in [0, 0.05) is 6.07 Å². The van der Waals surface area contributed by atoms with Crippen molar-refractivity contribution < 1.29 is 14.8 Å². The third-order valence-corrected chi connectivity index (χ3v) is 2.45. The van der Waals surface area contributed by atoms with Gasteiger partial charge in [-0.15, -0.1) is 0 Å². The zero-order chi connectivity index (χ0) is 10.9. The molecule has 0 amide bonds. The molecule has 0 saturated heterocycles. The van der Waals surface area contributed by atoms with Crippen LogP contribution in [0.15, 0.2) is 16.6 Å². The van der Waals surface area contributed by atoms with E-state index in [9.17, 15) is 20.0 Å². The first-order valence-electron chi connectivity index (χ1n) is 3.62. The van der Waals surface area contributed by atoms with Gasteiger partial charge in [0.2, 0.25) is 0 Å². The van der Waals surface area contributed by atoms with E-state index >= 15 is 0 Å². The fourth-order valence-electron chi connectivity index (χ4n) is 1.04. The molecule has 5 nitrogen and oxygen atoms in total. The van der Waals surface area contributed by atoms with E-state index in [4.69, 9.17) is 0 Å². The zero-order valence-electron chi connectivity index (χ0n) is 7.15. The lowest BCUT2D eigenvalue weighted by Gasteiger charge is -2.03. The Hall–Kier alpha value is -1.43. The highest BCUT2D eigenvalue weighted by molar-refractivity contribution is 9.10. The van der Waals surface area contributed by atoms with Crippen LogP contribution >= 0.6 is 15.9 Å². The number of benzene rings is 1. The first-order chi connectivity index (χ1) is 6.45. The number of carbonyl (C=O) groups is 1. The van der Waals surface area contributed by atoms with E-state index < -0.39 is 10.7 Å². The molecule has 0 radical (unpaired) electrons. The van der Waals surface area contributed by atoms with E-state index in [0.717, 1.165) is 12.1 Å². The van der Waals surface area contributed by atoms with Crippen molar-refractivity contribution in [1.82, 2.24) is 0 Å². The standard InChI is InChI=1S/C8H6BrNO4/c1-4(11)7-5(10(13)14)2-3-6(12)8(7)9/h2-3,12H,1H3. The van der Waals surface area contributed by atoms with Crippen molar-refractivity contribution in [3.8, 4) is 5.75 Å². The summed E-state index contributed by atoms with van der Waals surface area (Å²) in [6.07, 6.45) is 0. The molecule has 0 fully saturated rings. The van der Waals surface area contributed by atoms with Crippen molar-refractivity contribution in [1.29, 1.82) is 0 Å². The Bertz CT molecular complexity index is 416. The van der Waals surface area contributed by atoms with Gasteiger partial charge in [-0.2, -0.15) is 0 Å². The summed E-state index contributed by atoms with van der Waals surface area (Å²) in [5.41, 5.74) is -0.433. The number of nitro benzene ring substituents is 1. The monoisotopic (exact) mass is 259 g/mol. The normalized spacial score (nSPS) is 9.86. The van der Waals surface area contributed by atoms with Crippen molar-refractivity contribution in [2.75, 3.05) is 0 Å². The van der Waals surface area contributed by atoms with E-state index in [1.807, 2.05) is 0 Å². The minimum atomic E-state index is -0.666. The lowest BCUT2D eigenvalue weighted by Crippen LogP contribution is -2.01. The summed E-state index contributed by atoms with van der Waals surface area (Å²) >= 11 is 2.92. The highest BCUT2D eigenvalue weighted by atomic mass is 79.9. The molecule has 0 aromatic heterocycles. The number of rotatable bonds is 2. The summed E-state index contributed by atoms with van der Waals surface area (Å²) in [7, 11) is 0. The fraction of sp³-hybridized carbons (Fsp3) is 0.125. The Morgan fingerprint density at radius 3 is 2.57 bits per heavy atom. The highest BCUT2D eigenvalue weighted by Crippen LogP contribution is 2.34. The van der Waals surface area contributed by atoms with Crippen LogP contribution in [0.2, 0.25) is 0 Å². The highest BCUT2D eigenvalue weighted by Gasteiger charge is 2.22. The van der Waals surface area contributed by atoms with E-state index in [1.165, 1.54) is 6.92 Å². The molecular weight excluding hydrogens is 254 g/mol. The molecule has 0 aliphatic heterocycles. The number of Topliss-reactive ketones (excluding diaryl/α,β-unsaturated/α-hetero) is 1. The van der Waals surface area contributed by atoms with Crippen LogP contribution in [0.25, 0.3) is 0 Å². The maximum absolute atomic E-state index is 11.1. The van der Waals surface area contributed by atoms with Crippen molar-refractivity contribution in [3.63, 3.8) is 0 Å². The van der Waals surface area contributed by atoms with Crippen LogP contribution < -0.4 is 0 Å². The molecule has 0 aliphatic rings. The third-order valence-electron chi connectivity index (χ3n) is 1.65. The van der Waals surface area contributed by atoms with E-state index in [1.54, 1.807) is 0 Å². The van der Waals surface area contributed by atoms with Gasteiger partial charge in [-0.3, -0.25) is 14.9 Å². The molecule has 1 N–H and O–H groups in total. The molecule has 6 heteroatoms. The molecular formula is C8H6BrNO4. The average molecular weight is 260 g/mol. The quantitative estimate of drug-likeness (QED) is 0.502. The smallest absolute Gasteiger partial charge is 0.281 e. The van der Waals surface area contributed by atoms with Gasteiger partial charge in [0.25, 0.3) is 5.69 Å². The van der Waals surface area contributed by atoms with Gasteiger partial charge in [0.1, 0.15) is 11.3 Å². The van der Waals surface area contributed by atoms with Crippen molar-refractivity contribution in [2.45, 2.75) is 6.92 Å².